The Kier molecular flexibility index (Phi) is 6.39. The number of piperazine rings is 2. The number of nitrogens with one attached hydrogen (secondary N) is 2. The van der Waals surface area contributed by atoms with E-state index in [-0.39, 0.29) is 5.78 Å². The van der Waals surface area contributed by atoms with Gasteiger partial charge in [0.2, 0.25) is 0 Å². The van der Waals surface area contributed by atoms with Crippen molar-refractivity contribution in [1.29, 1.82) is 0 Å². The maximum Gasteiger partial charge on any atom is 0.253 e. The summed E-state index contributed by atoms with van der Waals surface area (Å²) in [4.78, 5) is 45.0. The van der Waals surface area contributed by atoms with Crippen LogP contribution >= 0.6 is 0 Å². The Balaban J connectivity index is 1.21. The third-order valence-corrected chi connectivity index (χ3v) is 7.64. The van der Waals surface area contributed by atoms with E-state index in [2.05, 4.69) is 20.4 Å². The lowest BCUT2D eigenvalue weighted by molar-refractivity contribution is 0.0950. The van der Waals surface area contributed by atoms with Crippen LogP contribution in [0, 0.1) is 0 Å². The number of ketones is 1. The lowest BCUT2D eigenvalue weighted by Gasteiger charge is -2.41. The van der Waals surface area contributed by atoms with E-state index in [1.807, 2.05) is 77.5 Å². The summed E-state index contributed by atoms with van der Waals surface area (Å²) in [7, 11) is 2.05. The lowest BCUT2D eigenvalue weighted by Crippen LogP contribution is -2.60. The number of anilines is 2. The predicted molar refractivity (Wildman–Crippen MR) is 151 cm³/mol. The van der Waals surface area contributed by atoms with Crippen LogP contribution in [-0.4, -0.2) is 79.8 Å². The summed E-state index contributed by atoms with van der Waals surface area (Å²) in [6.45, 7) is 4.63. The molecule has 2 aliphatic rings. The number of hydrogen-bond donors (Lipinski definition) is 2. The Bertz CT molecular complexity index is 1570. The first-order valence-electron chi connectivity index (χ1n) is 13.0. The van der Waals surface area contributed by atoms with E-state index < -0.39 is 16.9 Å². The van der Waals surface area contributed by atoms with Gasteiger partial charge in [0.05, 0.1) is 11.2 Å². The van der Waals surface area contributed by atoms with Crippen molar-refractivity contribution in [2.24, 2.45) is 0 Å². The second-order valence-corrected chi connectivity index (χ2v) is 10.0. The molecule has 0 bridgehead atoms. The fraction of sp³-hybridized carbons (Fsp3) is 0.310. The van der Waals surface area contributed by atoms with Gasteiger partial charge < -0.3 is 20.0 Å². The summed E-state index contributed by atoms with van der Waals surface area (Å²) in [6.07, 6.45) is 3.92. The number of nitrogens with zero attached hydrogens (tertiary/aromatic N) is 4. The molecule has 0 saturated carbocycles. The predicted octanol–water partition coefficient (Wildman–Crippen LogP) is 1.74. The third-order valence-electron chi connectivity index (χ3n) is 7.64. The Morgan fingerprint density at radius 2 is 1.66 bits per heavy atom. The van der Waals surface area contributed by atoms with Crippen LogP contribution in [0.2, 0.25) is 0 Å². The number of hydrogen-bond acceptors (Lipinski definition) is 8. The Labute approximate surface area is 220 Å². The molecule has 4 aromatic rings. The molecule has 0 aliphatic carbocycles. The third kappa shape index (κ3) is 4.33. The number of fused-ring (bicyclic) bond motifs is 1. The summed E-state index contributed by atoms with van der Waals surface area (Å²) in [5, 5.41) is 11.7. The molecule has 6 rings (SSSR count). The molecule has 1 unspecified atom stereocenters. The largest absolute Gasteiger partial charge is 0.364 e. The summed E-state index contributed by atoms with van der Waals surface area (Å²) in [5.41, 5.74) is 3.34. The number of benzene rings is 2. The number of likely N-dealkylation sites (N-methyl/N-ethyl adjacent to an activating group) is 1. The molecule has 2 aliphatic heterocycles. The molecule has 38 heavy (non-hydrogen) atoms. The van der Waals surface area contributed by atoms with Gasteiger partial charge in [0.15, 0.2) is 5.78 Å². The molecular weight excluding hydrogens is 480 g/mol. The minimum Gasteiger partial charge on any atom is -0.364 e. The molecule has 2 saturated heterocycles. The first-order chi connectivity index (χ1) is 18.5. The highest BCUT2D eigenvalue weighted by Gasteiger charge is 2.38. The summed E-state index contributed by atoms with van der Waals surface area (Å²) in [6, 6.07) is 14.9. The van der Waals surface area contributed by atoms with E-state index >= 15 is 0 Å². The van der Waals surface area contributed by atoms with Crippen molar-refractivity contribution >= 4 is 40.2 Å². The van der Waals surface area contributed by atoms with Crippen LogP contribution in [0.15, 0.2) is 58.1 Å². The summed E-state index contributed by atoms with van der Waals surface area (Å²) in [5.74, 6) is -0.0663. The highest BCUT2D eigenvalue weighted by Crippen LogP contribution is 2.29. The van der Waals surface area contributed by atoms with Gasteiger partial charge >= 0.3 is 0 Å². The van der Waals surface area contributed by atoms with E-state index in [0.717, 1.165) is 35.2 Å². The van der Waals surface area contributed by atoms with Crippen LogP contribution in [0.25, 0.3) is 23.1 Å². The van der Waals surface area contributed by atoms with Crippen molar-refractivity contribution in [3.05, 3.63) is 85.8 Å². The second-order valence-electron chi connectivity index (χ2n) is 10.0. The minimum atomic E-state index is -0.546. The first-order valence-corrected chi connectivity index (χ1v) is 13.0. The number of carbonyl (C=O) groups excluding carboxylic acids is 1. The van der Waals surface area contributed by atoms with Gasteiger partial charge in [-0.1, -0.05) is 48.5 Å². The van der Waals surface area contributed by atoms with Gasteiger partial charge in [-0.3, -0.25) is 19.5 Å². The Morgan fingerprint density at radius 1 is 0.921 bits per heavy atom. The number of carbonyl (C=O) groups is 1. The maximum atomic E-state index is 13.6. The van der Waals surface area contributed by atoms with Crippen LogP contribution in [0.3, 0.4) is 0 Å². The number of Topliss-reactive ketones (excluding diaryl/α,β-unsaturated/α-hetero) is 1. The molecule has 9 nitrogen and oxygen atoms in total. The molecule has 3 aromatic carbocycles. The zero-order chi connectivity index (χ0) is 26.2. The zero-order valence-electron chi connectivity index (χ0n) is 21.3. The van der Waals surface area contributed by atoms with Crippen LogP contribution < -0.4 is 26.0 Å². The lowest BCUT2D eigenvalue weighted by atomic mass is 9.97. The fourth-order valence-electron chi connectivity index (χ4n) is 5.40. The van der Waals surface area contributed by atoms with Crippen molar-refractivity contribution < 1.29 is 4.79 Å². The highest BCUT2D eigenvalue weighted by atomic mass is 16.2. The molecule has 9 heteroatoms. The van der Waals surface area contributed by atoms with E-state index in [0.29, 0.717) is 49.7 Å². The molecule has 2 fully saturated rings. The van der Waals surface area contributed by atoms with E-state index in [9.17, 15) is 14.4 Å². The number of para-hydroxylation sites is 1. The highest BCUT2D eigenvalue weighted by molar-refractivity contribution is 6.03. The van der Waals surface area contributed by atoms with Gasteiger partial charge in [0.1, 0.15) is 17.4 Å². The van der Waals surface area contributed by atoms with Gasteiger partial charge in [-0.15, -0.1) is 0 Å². The van der Waals surface area contributed by atoms with Gasteiger partial charge in [-0.05, 0) is 24.8 Å². The number of aromatic amines is 1. The molecule has 2 N–H and O–H groups in total. The van der Waals surface area contributed by atoms with Crippen molar-refractivity contribution in [2.45, 2.75) is 6.04 Å². The first kappa shape index (κ1) is 24.3. The number of rotatable bonds is 6. The van der Waals surface area contributed by atoms with Crippen LogP contribution in [0.1, 0.15) is 21.6 Å². The molecular formula is C29H30N6O3. The van der Waals surface area contributed by atoms with Gasteiger partial charge in [-0.25, -0.2) is 0 Å². The molecule has 1 aromatic heterocycles. The SMILES string of the molecule is CN1CCN(c2c(N3CCNCC3C(=O)c3ccc(C=Cc4n[nH]c5ccccc45)cc3)c(=O)c2=O)CC1. The standard InChI is InChI=1S/C29H30N6O3/c1-33-14-16-34(17-15-33)25-26(29(38)28(25)37)35-13-12-30-18-24(35)27(36)20-9-6-19(7-10-20)8-11-23-21-4-2-3-5-22(21)31-32-23/h2-11,24,30H,12-18H2,1H3,(H,31,32). The minimum absolute atomic E-state index is 0.0663. The Hall–Kier alpha value is -4.08. The van der Waals surface area contributed by atoms with Gasteiger partial charge in [0, 0.05) is 56.8 Å². The smallest absolute Gasteiger partial charge is 0.253 e. The molecule has 0 radical (unpaired) electrons. The van der Waals surface area contributed by atoms with Crippen LogP contribution in [0.4, 0.5) is 11.4 Å². The normalized spacial score (nSPS) is 19.1. The van der Waals surface area contributed by atoms with E-state index in [1.54, 1.807) is 0 Å². The average molecular weight is 511 g/mol. The second kappa shape index (κ2) is 10.00. The van der Waals surface area contributed by atoms with Crippen molar-refractivity contribution in [2.75, 3.05) is 62.7 Å². The number of aromatic nitrogens is 2. The van der Waals surface area contributed by atoms with Crippen LogP contribution in [-0.2, 0) is 0 Å². The number of H-pyrrole nitrogens is 1. The molecule has 1 atom stereocenters. The topological polar surface area (TPSA) is 102 Å². The van der Waals surface area contributed by atoms with Gasteiger partial charge in [0.25, 0.3) is 10.9 Å². The summed E-state index contributed by atoms with van der Waals surface area (Å²) < 4.78 is 0. The summed E-state index contributed by atoms with van der Waals surface area (Å²) >= 11 is 0. The molecule has 3 heterocycles. The molecule has 194 valence electrons. The molecule has 0 spiro atoms. The maximum absolute atomic E-state index is 13.6. The molecule has 0 amide bonds. The fourth-order valence-corrected chi connectivity index (χ4v) is 5.40. The quantitative estimate of drug-likeness (QED) is 0.299. The van der Waals surface area contributed by atoms with Crippen molar-refractivity contribution in [1.82, 2.24) is 20.4 Å². The van der Waals surface area contributed by atoms with Gasteiger partial charge in [-0.2, -0.15) is 5.10 Å². The monoisotopic (exact) mass is 510 g/mol. The van der Waals surface area contributed by atoms with E-state index in [1.165, 1.54) is 0 Å². The van der Waals surface area contributed by atoms with Crippen molar-refractivity contribution in [3.63, 3.8) is 0 Å². The van der Waals surface area contributed by atoms with Crippen molar-refractivity contribution in [3.8, 4) is 0 Å². The van der Waals surface area contributed by atoms with Crippen LogP contribution in [0.5, 0.6) is 0 Å². The average Bonchev–Trinajstić information content (AvgIpc) is 3.38. The Morgan fingerprint density at radius 3 is 2.45 bits per heavy atom. The zero-order valence-corrected chi connectivity index (χ0v) is 21.3. The van der Waals surface area contributed by atoms with E-state index in [4.69, 9.17) is 0 Å².